The molecule has 5 rings (SSSR count). The highest BCUT2D eigenvalue weighted by atomic mass is 16.5. The summed E-state index contributed by atoms with van der Waals surface area (Å²) in [6, 6.07) is 16.6. The number of ether oxygens (including phenoxy) is 1. The Morgan fingerprint density at radius 1 is 0.949 bits per heavy atom. The van der Waals surface area contributed by atoms with E-state index >= 15 is 0 Å². The highest BCUT2D eigenvalue weighted by Crippen LogP contribution is 2.45. The Morgan fingerprint density at radius 3 is 2.33 bits per heavy atom. The molecule has 0 bridgehead atoms. The molecular formula is C33H34N2O4. The molecule has 6 nitrogen and oxygen atoms in total. The molecule has 0 radical (unpaired) electrons. The molecule has 1 amide bonds. The summed E-state index contributed by atoms with van der Waals surface area (Å²) in [4.78, 5) is 29.1. The molecule has 1 N–H and O–H groups in total. The number of para-hydroxylation sites is 1. The van der Waals surface area contributed by atoms with Crippen LogP contribution in [-0.2, 0) is 16.6 Å². The van der Waals surface area contributed by atoms with Gasteiger partial charge in [-0.25, -0.2) is 0 Å². The van der Waals surface area contributed by atoms with Crippen molar-refractivity contribution in [1.82, 2.24) is 4.57 Å². The van der Waals surface area contributed by atoms with Crippen LogP contribution >= 0.6 is 0 Å². The first-order valence-corrected chi connectivity index (χ1v) is 13.2. The van der Waals surface area contributed by atoms with Crippen molar-refractivity contribution in [3.05, 3.63) is 99.7 Å². The van der Waals surface area contributed by atoms with Crippen LogP contribution in [0.5, 0.6) is 5.75 Å². The fraction of sp³-hybridized carbons (Fsp3) is 0.273. The van der Waals surface area contributed by atoms with Crippen LogP contribution in [0, 0.1) is 20.8 Å². The average molecular weight is 523 g/mol. The van der Waals surface area contributed by atoms with Gasteiger partial charge >= 0.3 is 0 Å². The third-order valence-corrected chi connectivity index (χ3v) is 7.89. The molecule has 200 valence electrons. The van der Waals surface area contributed by atoms with E-state index in [1.807, 2.05) is 107 Å². The number of rotatable bonds is 5. The number of ketones is 1. The van der Waals surface area contributed by atoms with Gasteiger partial charge in [-0.1, -0.05) is 38.1 Å². The third kappa shape index (κ3) is 4.20. The van der Waals surface area contributed by atoms with Crippen molar-refractivity contribution < 1.29 is 19.4 Å². The zero-order chi connectivity index (χ0) is 28.2. The maximum atomic E-state index is 13.8. The number of hydrogen-bond acceptors (Lipinski definition) is 4. The topological polar surface area (TPSA) is 71.8 Å². The number of carbonyl (C=O) groups is 2. The fourth-order valence-electron chi connectivity index (χ4n) is 5.59. The van der Waals surface area contributed by atoms with E-state index in [0.717, 1.165) is 44.5 Å². The quantitative estimate of drug-likeness (QED) is 0.177. The number of Topliss-reactive ketones (excluding diaryl/α,β-unsaturated/α-hetero) is 1. The minimum atomic E-state index is -0.804. The normalized spacial score (nSPS) is 17.0. The maximum Gasteiger partial charge on any atom is 0.300 e. The smallest absolute Gasteiger partial charge is 0.300 e. The molecule has 0 spiro atoms. The number of hydrogen-bond donors (Lipinski definition) is 1. The molecule has 1 aliphatic heterocycles. The van der Waals surface area contributed by atoms with E-state index in [1.54, 1.807) is 7.11 Å². The van der Waals surface area contributed by atoms with Crippen molar-refractivity contribution >= 4 is 34.0 Å². The van der Waals surface area contributed by atoms with Gasteiger partial charge in [-0.3, -0.25) is 14.5 Å². The molecule has 1 aromatic heterocycles. The van der Waals surface area contributed by atoms with Crippen molar-refractivity contribution in [2.24, 2.45) is 7.05 Å². The number of benzene rings is 3. The first kappa shape index (κ1) is 26.3. The van der Waals surface area contributed by atoms with Gasteiger partial charge in [0.25, 0.3) is 11.7 Å². The molecule has 1 atom stereocenters. The third-order valence-electron chi connectivity index (χ3n) is 7.89. The monoisotopic (exact) mass is 522 g/mol. The highest BCUT2D eigenvalue weighted by molar-refractivity contribution is 6.52. The van der Waals surface area contributed by atoms with E-state index in [1.165, 1.54) is 4.90 Å². The second-order valence-electron chi connectivity index (χ2n) is 10.7. The standard InChI is InChI=1S/C33H34N2O4/c1-18(2)24-16-25(21(5)15-28(24)39-7)31(36)29-30(26-17-34(6)27-11-9-8-10-23(26)27)35(33(38)32(29)37)22-13-12-19(3)20(4)14-22/h8-18,30,36H,1-7H3/b31-29+. The first-order chi connectivity index (χ1) is 18.5. The lowest BCUT2D eigenvalue weighted by Crippen LogP contribution is -2.29. The Bertz CT molecular complexity index is 1670. The fourth-order valence-corrected chi connectivity index (χ4v) is 5.59. The Hall–Kier alpha value is -4.32. The van der Waals surface area contributed by atoms with E-state index in [2.05, 4.69) is 0 Å². The van der Waals surface area contributed by atoms with Gasteiger partial charge in [0.05, 0.1) is 18.7 Å². The first-order valence-electron chi connectivity index (χ1n) is 13.2. The van der Waals surface area contributed by atoms with Gasteiger partial charge in [0, 0.05) is 41.0 Å². The Balaban J connectivity index is 1.83. The van der Waals surface area contributed by atoms with Gasteiger partial charge in [-0.15, -0.1) is 0 Å². The molecule has 6 heteroatoms. The van der Waals surface area contributed by atoms with Gasteiger partial charge in [0.1, 0.15) is 11.5 Å². The summed E-state index contributed by atoms with van der Waals surface area (Å²) in [6.07, 6.45) is 1.95. The summed E-state index contributed by atoms with van der Waals surface area (Å²) < 4.78 is 7.58. The lowest BCUT2D eigenvalue weighted by Gasteiger charge is -2.26. The number of aliphatic hydroxyl groups excluding tert-OH is 1. The molecule has 4 aromatic rings. The molecule has 39 heavy (non-hydrogen) atoms. The van der Waals surface area contributed by atoms with Crippen molar-refractivity contribution in [1.29, 1.82) is 0 Å². The maximum absolute atomic E-state index is 13.8. The van der Waals surface area contributed by atoms with E-state index in [0.29, 0.717) is 11.3 Å². The SMILES string of the molecule is COc1cc(C)c(/C(O)=C2\C(=O)C(=O)N(c3ccc(C)c(C)c3)C2c2cn(C)c3ccccc23)cc1C(C)C. The van der Waals surface area contributed by atoms with Crippen LogP contribution in [0.2, 0.25) is 0 Å². The van der Waals surface area contributed by atoms with Gasteiger partial charge < -0.3 is 14.4 Å². The van der Waals surface area contributed by atoms with Crippen LogP contribution in [0.25, 0.3) is 16.7 Å². The predicted octanol–water partition coefficient (Wildman–Crippen LogP) is 6.86. The van der Waals surface area contributed by atoms with E-state index in [9.17, 15) is 14.7 Å². The zero-order valence-electron chi connectivity index (χ0n) is 23.5. The number of aromatic nitrogens is 1. The average Bonchev–Trinajstić information content (AvgIpc) is 3.38. The molecule has 1 aliphatic rings. The van der Waals surface area contributed by atoms with Crippen LogP contribution in [-0.4, -0.2) is 28.5 Å². The number of anilines is 1. The number of methoxy groups -OCH3 is 1. The van der Waals surface area contributed by atoms with Gasteiger partial charge in [0.2, 0.25) is 0 Å². The summed E-state index contributed by atoms with van der Waals surface area (Å²) in [6.45, 7) is 9.95. The molecule has 1 unspecified atom stereocenters. The van der Waals surface area contributed by atoms with Gasteiger partial charge in [-0.05, 0) is 79.3 Å². The minimum Gasteiger partial charge on any atom is -0.507 e. The molecule has 1 fully saturated rings. The van der Waals surface area contributed by atoms with Crippen molar-refractivity contribution in [2.45, 2.75) is 46.6 Å². The Kier molecular flexibility index (Phi) is 6.59. The van der Waals surface area contributed by atoms with E-state index < -0.39 is 17.7 Å². The van der Waals surface area contributed by atoms with Crippen molar-refractivity contribution in [3.63, 3.8) is 0 Å². The Morgan fingerprint density at radius 2 is 1.67 bits per heavy atom. The minimum absolute atomic E-state index is 0.0811. The summed E-state index contributed by atoms with van der Waals surface area (Å²) in [5.41, 5.74) is 6.73. The number of amides is 1. The lowest BCUT2D eigenvalue weighted by molar-refractivity contribution is -0.132. The van der Waals surface area contributed by atoms with Crippen molar-refractivity contribution in [2.75, 3.05) is 12.0 Å². The highest BCUT2D eigenvalue weighted by Gasteiger charge is 2.48. The number of aliphatic hydroxyl groups is 1. The molecule has 1 saturated heterocycles. The lowest BCUT2D eigenvalue weighted by atomic mass is 9.90. The second kappa shape index (κ2) is 9.77. The number of nitrogens with zero attached hydrogens (tertiary/aromatic N) is 2. The van der Waals surface area contributed by atoms with Crippen LogP contribution in [0.3, 0.4) is 0 Å². The summed E-state index contributed by atoms with van der Waals surface area (Å²) >= 11 is 0. The predicted molar refractivity (Wildman–Crippen MR) is 155 cm³/mol. The summed E-state index contributed by atoms with van der Waals surface area (Å²) in [5.74, 6) is -0.697. The number of fused-ring (bicyclic) bond motifs is 1. The van der Waals surface area contributed by atoms with E-state index in [4.69, 9.17) is 4.74 Å². The molecule has 0 saturated carbocycles. The molecule has 3 aromatic carbocycles. The van der Waals surface area contributed by atoms with Crippen LogP contribution in [0.4, 0.5) is 5.69 Å². The number of aryl methyl sites for hydroxylation is 4. The van der Waals surface area contributed by atoms with Crippen LogP contribution in [0.15, 0.2) is 66.4 Å². The number of carbonyl (C=O) groups excluding carboxylic acids is 2. The van der Waals surface area contributed by atoms with Crippen LogP contribution < -0.4 is 9.64 Å². The Labute approximate surface area is 229 Å². The summed E-state index contributed by atoms with van der Waals surface area (Å²) in [5, 5.41) is 12.8. The van der Waals surface area contributed by atoms with E-state index in [-0.39, 0.29) is 17.3 Å². The van der Waals surface area contributed by atoms with Gasteiger partial charge in [-0.2, -0.15) is 0 Å². The van der Waals surface area contributed by atoms with Crippen LogP contribution in [0.1, 0.15) is 59.2 Å². The zero-order valence-corrected chi connectivity index (χ0v) is 23.5. The molecule has 0 aliphatic carbocycles. The molecule has 2 heterocycles. The van der Waals surface area contributed by atoms with Crippen molar-refractivity contribution in [3.8, 4) is 5.75 Å². The second-order valence-corrected chi connectivity index (χ2v) is 10.7. The largest absolute Gasteiger partial charge is 0.507 e. The van der Waals surface area contributed by atoms with Gasteiger partial charge in [0.15, 0.2) is 0 Å². The molecular weight excluding hydrogens is 488 g/mol. The summed E-state index contributed by atoms with van der Waals surface area (Å²) in [7, 11) is 3.56.